The molecular weight excluding hydrogens is 374 g/mol. The van der Waals surface area contributed by atoms with Crippen molar-refractivity contribution >= 4 is 23.1 Å². The van der Waals surface area contributed by atoms with Crippen LogP contribution in [0.2, 0.25) is 0 Å². The quantitative estimate of drug-likeness (QED) is 0.695. The summed E-state index contributed by atoms with van der Waals surface area (Å²) in [6.07, 6.45) is 7.60. The molecule has 3 N–H and O–H groups in total. The molecule has 3 aromatic rings. The van der Waals surface area contributed by atoms with E-state index in [1.807, 2.05) is 17.0 Å². The van der Waals surface area contributed by atoms with Gasteiger partial charge in [-0.1, -0.05) is 0 Å². The number of carbonyl (C=O) groups is 1. The van der Waals surface area contributed by atoms with E-state index >= 15 is 0 Å². The number of aromatic nitrogens is 3. The average Bonchev–Trinajstić information content (AvgIpc) is 3.40. The molecule has 8 heteroatoms. The lowest BCUT2D eigenvalue weighted by Gasteiger charge is -2.44. The maximum Gasteiger partial charge on any atom is 0.270 e. The third kappa shape index (κ3) is 2.89. The van der Waals surface area contributed by atoms with E-state index in [4.69, 9.17) is 10.5 Å². The van der Waals surface area contributed by atoms with Crippen molar-refractivity contribution in [1.82, 2.24) is 19.9 Å². The summed E-state index contributed by atoms with van der Waals surface area (Å²) in [7, 11) is 0. The second kappa shape index (κ2) is 6.72. The van der Waals surface area contributed by atoms with Crippen molar-refractivity contribution in [3.63, 3.8) is 0 Å². The number of carbonyl (C=O) groups excluding carboxylic acids is 1. The minimum absolute atomic E-state index is 0.0547. The number of anilines is 1. The predicted octanol–water partition coefficient (Wildman–Crippen LogP) is 2.82. The van der Waals surface area contributed by atoms with Gasteiger partial charge in [-0.15, -0.1) is 11.3 Å². The van der Waals surface area contributed by atoms with Gasteiger partial charge in [0, 0.05) is 30.6 Å². The maximum atomic E-state index is 12.6. The van der Waals surface area contributed by atoms with Crippen LogP contribution in [0.1, 0.15) is 33.8 Å². The van der Waals surface area contributed by atoms with Gasteiger partial charge in [-0.3, -0.25) is 4.79 Å². The van der Waals surface area contributed by atoms with Crippen LogP contribution in [0.5, 0.6) is 0 Å². The van der Waals surface area contributed by atoms with Crippen LogP contribution >= 0.6 is 11.3 Å². The van der Waals surface area contributed by atoms with Crippen LogP contribution in [0, 0.1) is 0 Å². The highest BCUT2D eigenvalue weighted by molar-refractivity contribution is 7.15. The molecule has 0 saturated carbocycles. The number of nitrogens with zero attached hydrogens (tertiary/aromatic N) is 3. The number of hydrogen-bond donors (Lipinski definition) is 2. The zero-order chi connectivity index (χ0) is 19.1. The number of thiophene rings is 1. The van der Waals surface area contributed by atoms with Gasteiger partial charge >= 0.3 is 0 Å². The Bertz CT molecular complexity index is 988. The first-order valence-corrected chi connectivity index (χ1v) is 10.2. The van der Waals surface area contributed by atoms with E-state index < -0.39 is 0 Å². The minimum Gasteiger partial charge on any atom is -0.382 e. The monoisotopic (exact) mass is 395 g/mol. The van der Waals surface area contributed by atoms with Crippen molar-refractivity contribution in [3.8, 4) is 10.6 Å². The number of aromatic amines is 1. The summed E-state index contributed by atoms with van der Waals surface area (Å²) >= 11 is 1.76. The number of rotatable bonds is 2. The average molecular weight is 395 g/mol. The number of nitrogens with one attached hydrogen (secondary N) is 1. The third-order valence-corrected chi connectivity index (χ3v) is 6.84. The Labute approximate surface area is 166 Å². The van der Waals surface area contributed by atoms with Crippen LogP contribution in [-0.2, 0) is 16.8 Å². The van der Waals surface area contributed by atoms with Crippen LogP contribution in [0.3, 0.4) is 0 Å². The zero-order valence-corrected chi connectivity index (χ0v) is 16.2. The molecule has 7 nitrogen and oxygen atoms in total. The van der Waals surface area contributed by atoms with E-state index in [1.54, 1.807) is 29.9 Å². The summed E-state index contributed by atoms with van der Waals surface area (Å²) in [4.78, 5) is 28.6. The molecule has 3 aromatic heterocycles. The Morgan fingerprint density at radius 2 is 2.14 bits per heavy atom. The van der Waals surface area contributed by atoms with Crippen molar-refractivity contribution < 1.29 is 9.53 Å². The van der Waals surface area contributed by atoms with Gasteiger partial charge in [0.05, 0.1) is 35.2 Å². The molecular formula is C20H21N5O2S. The fraction of sp³-hybridized carbons (Fsp3) is 0.350. The molecule has 144 valence electrons. The molecule has 1 fully saturated rings. The molecule has 0 aromatic carbocycles. The molecule has 1 amide bonds. The van der Waals surface area contributed by atoms with E-state index in [2.05, 4.69) is 21.0 Å². The Morgan fingerprint density at radius 1 is 1.29 bits per heavy atom. The summed E-state index contributed by atoms with van der Waals surface area (Å²) in [5.74, 6) is 0.475. The van der Waals surface area contributed by atoms with Gasteiger partial charge in [0.15, 0.2) is 0 Å². The third-order valence-electron chi connectivity index (χ3n) is 5.62. The standard InChI is InChI=1S/C20H21N5O2S/c21-18-12-23-15(11-24-18)17-10-13-16(28-17)3-9-27-20(13)4-7-25(8-5-20)19(26)14-2-1-6-22-14/h1-2,6,10-12,22H,3-5,7-9H2,(H2,21,24). The SMILES string of the molecule is Nc1cnc(-c2cc3c(s2)CCOC32CCN(C(=O)c3ccc[nH]3)CC2)cn1. The Balaban J connectivity index is 1.39. The van der Waals surface area contributed by atoms with E-state index in [0.29, 0.717) is 31.2 Å². The van der Waals surface area contributed by atoms with Crippen molar-refractivity contribution in [1.29, 1.82) is 0 Å². The summed E-state index contributed by atoms with van der Waals surface area (Å²) < 4.78 is 6.32. The fourth-order valence-electron chi connectivity index (χ4n) is 4.13. The van der Waals surface area contributed by atoms with Gasteiger partial charge in [0.25, 0.3) is 5.91 Å². The minimum atomic E-state index is -0.309. The topological polar surface area (TPSA) is 97.1 Å². The first-order chi connectivity index (χ1) is 13.6. The predicted molar refractivity (Wildman–Crippen MR) is 107 cm³/mol. The van der Waals surface area contributed by atoms with Crippen LogP contribution in [0.25, 0.3) is 10.6 Å². The van der Waals surface area contributed by atoms with E-state index in [0.717, 1.165) is 29.8 Å². The lowest BCUT2D eigenvalue weighted by molar-refractivity contribution is -0.0926. The maximum absolute atomic E-state index is 12.6. The molecule has 5 rings (SSSR count). The van der Waals surface area contributed by atoms with Gasteiger partial charge in [0.1, 0.15) is 11.5 Å². The number of likely N-dealkylation sites (tertiary alicyclic amines) is 1. The molecule has 0 aliphatic carbocycles. The van der Waals surface area contributed by atoms with Gasteiger partial charge < -0.3 is 20.4 Å². The molecule has 0 radical (unpaired) electrons. The van der Waals surface area contributed by atoms with E-state index in [1.165, 1.54) is 10.4 Å². The number of amides is 1. The second-order valence-corrected chi connectivity index (χ2v) is 8.38. The lowest BCUT2D eigenvalue weighted by Crippen LogP contribution is -2.48. The molecule has 0 bridgehead atoms. The summed E-state index contributed by atoms with van der Waals surface area (Å²) in [6, 6.07) is 5.87. The lowest BCUT2D eigenvalue weighted by atomic mass is 9.82. The number of fused-ring (bicyclic) bond motifs is 2. The highest BCUT2D eigenvalue weighted by atomic mass is 32.1. The molecule has 1 saturated heterocycles. The zero-order valence-electron chi connectivity index (χ0n) is 15.4. The molecule has 0 unspecified atom stereocenters. The van der Waals surface area contributed by atoms with E-state index in [9.17, 15) is 4.79 Å². The van der Waals surface area contributed by atoms with Crippen LogP contribution in [0.4, 0.5) is 5.82 Å². The van der Waals surface area contributed by atoms with Crippen LogP contribution in [-0.4, -0.2) is 45.5 Å². The number of nitrogens with two attached hydrogens (primary N) is 1. The van der Waals surface area contributed by atoms with Gasteiger partial charge in [0.2, 0.25) is 0 Å². The van der Waals surface area contributed by atoms with Gasteiger partial charge in [-0.05, 0) is 36.6 Å². The Kier molecular flexibility index (Phi) is 4.17. The normalized spacial score (nSPS) is 18.2. The second-order valence-electron chi connectivity index (χ2n) is 7.24. The summed E-state index contributed by atoms with van der Waals surface area (Å²) in [6.45, 7) is 2.08. The largest absolute Gasteiger partial charge is 0.382 e. The first-order valence-electron chi connectivity index (χ1n) is 9.42. The van der Waals surface area contributed by atoms with E-state index in [-0.39, 0.29) is 11.5 Å². The Hall–Kier alpha value is -2.71. The highest BCUT2D eigenvalue weighted by Crippen LogP contribution is 2.46. The van der Waals surface area contributed by atoms with Crippen LogP contribution < -0.4 is 5.73 Å². The number of piperidine rings is 1. The molecule has 2 aliphatic rings. The van der Waals surface area contributed by atoms with Crippen molar-refractivity contribution in [2.75, 3.05) is 25.4 Å². The van der Waals surface area contributed by atoms with Gasteiger partial charge in [-0.25, -0.2) is 9.97 Å². The fourth-order valence-corrected chi connectivity index (χ4v) is 5.32. The smallest absolute Gasteiger partial charge is 0.270 e. The molecule has 0 atom stereocenters. The van der Waals surface area contributed by atoms with Gasteiger partial charge in [-0.2, -0.15) is 0 Å². The van der Waals surface area contributed by atoms with Crippen molar-refractivity contribution in [2.24, 2.45) is 0 Å². The number of ether oxygens (including phenoxy) is 1. The van der Waals surface area contributed by atoms with Crippen molar-refractivity contribution in [2.45, 2.75) is 24.9 Å². The number of hydrogen-bond acceptors (Lipinski definition) is 6. The highest BCUT2D eigenvalue weighted by Gasteiger charge is 2.43. The Morgan fingerprint density at radius 3 is 2.86 bits per heavy atom. The number of nitrogen functional groups attached to an aromatic ring is 1. The first kappa shape index (κ1) is 17.4. The summed E-state index contributed by atoms with van der Waals surface area (Å²) in [5, 5.41) is 0. The number of H-pyrrole nitrogens is 1. The van der Waals surface area contributed by atoms with Crippen molar-refractivity contribution in [3.05, 3.63) is 52.9 Å². The summed E-state index contributed by atoms with van der Waals surface area (Å²) in [5.41, 5.74) is 8.08. The molecule has 2 aliphatic heterocycles. The molecule has 1 spiro atoms. The molecule has 5 heterocycles. The van der Waals surface area contributed by atoms with Crippen LogP contribution in [0.15, 0.2) is 36.8 Å². The molecule has 28 heavy (non-hydrogen) atoms.